The minimum Gasteiger partial charge on any atom is -0.376 e. The summed E-state index contributed by atoms with van der Waals surface area (Å²) in [4.78, 5) is 0. The first-order chi connectivity index (χ1) is 4.77. The Morgan fingerprint density at radius 1 is 1.50 bits per heavy atom. The molecule has 0 aromatic heterocycles. The maximum Gasteiger partial charge on any atom is 0.0805 e. The quantitative estimate of drug-likeness (QED) is 0.408. The van der Waals surface area contributed by atoms with E-state index >= 15 is 0 Å². The fourth-order valence-electron chi connectivity index (χ4n) is 0.730. The van der Waals surface area contributed by atoms with E-state index in [1.54, 1.807) is 6.61 Å². The van der Waals surface area contributed by atoms with Crippen LogP contribution in [0, 0.1) is 6.61 Å². The second-order valence-corrected chi connectivity index (χ2v) is 2.52. The number of hydrogen-bond acceptors (Lipinski definition) is 1. The van der Waals surface area contributed by atoms with Gasteiger partial charge in [-0.25, -0.2) is 0 Å². The second kappa shape index (κ2) is 6.81. The average molecular weight is 141 g/mol. The van der Waals surface area contributed by atoms with Gasteiger partial charge in [-0.2, -0.15) is 0 Å². The van der Waals surface area contributed by atoms with Gasteiger partial charge in [-0.3, -0.25) is 0 Å². The Morgan fingerprint density at radius 2 is 2.20 bits per heavy atom. The highest BCUT2D eigenvalue weighted by atomic mass is 16.5. The van der Waals surface area contributed by atoms with Gasteiger partial charge in [0.05, 0.1) is 6.61 Å². The molecule has 0 N–H and O–H groups in total. The van der Waals surface area contributed by atoms with E-state index in [9.17, 15) is 0 Å². The maximum atomic E-state index is 5.06. The zero-order valence-corrected chi connectivity index (χ0v) is 7.02. The van der Waals surface area contributed by atoms with Crippen molar-refractivity contribution in [2.24, 2.45) is 0 Å². The maximum absolute atomic E-state index is 5.06. The van der Waals surface area contributed by atoms with E-state index in [0.717, 1.165) is 19.4 Å². The number of unbranched alkanes of at least 4 members (excludes halogenated alkanes) is 1. The molecule has 0 unspecified atom stereocenters. The number of allylic oxidation sites excluding steroid dienone is 1. The van der Waals surface area contributed by atoms with Crippen molar-refractivity contribution in [3.63, 3.8) is 0 Å². The molecule has 0 fully saturated rings. The zero-order valence-electron chi connectivity index (χ0n) is 7.02. The first kappa shape index (κ1) is 9.70. The van der Waals surface area contributed by atoms with Gasteiger partial charge in [0.2, 0.25) is 0 Å². The molecule has 0 aromatic carbocycles. The molecule has 0 amide bonds. The van der Waals surface area contributed by atoms with Crippen LogP contribution in [0.4, 0.5) is 0 Å². The lowest BCUT2D eigenvalue weighted by molar-refractivity contribution is 0.198. The van der Waals surface area contributed by atoms with E-state index in [2.05, 4.69) is 13.5 Å². The molecular formula is C9H17O. The summed E-state index contributed by atoms with van der Waals surface area (Å²) >= 11 is 0. The molecule has 1 nitrogen and oxygen atoms in total. The van der Waals surface area contributed by atoms with Crippen LogP contribution in [-0.2, 0) is 4.74 Å². The third-order valence-corrected chi connectivity index (χ3v) is 1.28. The van der Waals surface area contributed by atoms with Gasteiger partial charge in [0.25, 0.3) is 0 Å². The summed E-state index contributed by atoms with van der Waals surface area (Å²) in [7, 11) is 0. The Bertz CT molecular complexity index is 86.7. The van der Waals surface area contributed by atoms with Crippen molar-refractivity contribution in [1.82, 2.24) is 0 Å². The minimum absolute atomic E-state index is 0.851. The Labute approximate surface area is 64.1 Å². The predicted molar refractivity (Wildman–Crippen MR) is 44.6 cm³/mol. The van der Waals surface area contributed by atoms with E-state index in [1.807, 2.05) is 6.92 Å². The highest BCUT2D eigenvalue weighted by Crippen LogP contribution is 2.03. The van der Waals surface area contributed by atoms with Gasteiger partial charge < -0.3 is 4.74 Å². The van der Waals surface area contributed by atoms with Gasteiger partial charge in [-0.15, -0.1) is 6.58 Å². The number of rotatable bonds is 6. The number of hydrogen-bond donors (Lipinski definition) is 0. The SMILES string of the molecule is C=C(C)CCCCO[CH]C. The molecule has 0 heterocycles. The zero-order chi connectivity index (χ0) is 7.82. The molecule has 0 saturated heterocycles. The molecule has 0 aliphatic heterocycles. The Hall–Kier alpha value is -0.300. The highest BCUT2D eigenvalue weighted by molar-refractivity contribution is 4.86. The van der Waals surface area contributed by atoms with Crippen LogP contribution in [0.3, 0.4) is 0 Å². The summed E-state index contributed by atoms with van der Waals surface area (Å²) in [6.07, 6.45) is 3.47. The lowest BCUT2D eigenvalue weighted by atomic mass is 10.1. The fourth-order valence-corrected chi connectivity index (χ4v) is 0.730. The average Bonchev–Trinajstić information content (AvgIpc) is 1.87. The van der Waals surface area contributed by atoms with Gasteiger partial charge in [0.15, 0.2) is 0 Å². The van der Waals surface area contributed by atoms with Crippen LogP contribution in [0.2, 0.25) is 0 Å². The third kappa shape index (κ3) is 7.70. The van der Waals surface area contributed by atoms with Gasteiger partial charge in [-0.05, 0) is 33.1 Å². The monoisotopic (exact) mass is 141 g/mol. The van der Waals surface area contributed by atoms with Crippen LogP contribution in [0.1, 0.15) is 33.1 Å². The van der Waals surface area contributed by atoms with Crippen LogP contribution < -0.4 is 0 Å². The van der Waals surface area contributed by atoms with Crippen LogP contribution in [0.5, 0.6) is 0 Å². The van der Waals surface area contributed by atoms with Gasteiger partial charge >= 0.3 is 0 Å². The van der Waals surface area contributed by atoms with Crippen LogP contribution in [-0.4, -0.2) is 6.61 Å². The fraction of sp³-hybridized carbons (Fsp3) is 0.667. The van der Waals surface area contributed by atoms with Crippen molar-refractivity contribution >= 4 is 0 Å². The lowest BCUT2D eigenvalue weighted by Crippen LogP contribution is -1.89. The van der Waals surface area contributed by atoms with Crippen molar-refractivity contribution in [1.29, 1.82) is 0 Å². The van der Waals surface area contributed by atoms with Gasteiger partial charge in [-0.1, -0.05) is 5.57 Å². The Balaban J connectivity index is 2.84. The van der Waals surface area contributed by atoms with Gasteiger partial charge in [0, 0.05) is 6.61 Å². The molecule has 1 heteroatoms. The van der Waals surface area contributed by atoms with Crippen molar-refractivity contribution in [3.05, 3.63) is 18.8 Å². The summed E-state index contributed by atoms with van der Waals surface area (Å²) in [5.74, 6) is 0. The van der Waals surface area contributed by atoms with Crippen LogP contribution in [0.15, 0.2) is 12.2 Å². The summed E-state index contributed by atoms with van der Waals surface area (Å²) in [6.45, 7) is 10.4. The lowest BCUT2D eigenvalue weighted by Gasteiger charge is -1.99. The summed E-state index contributed by atoms with van der Waals surface area (Å²) in [6, 6.07) is 0. The molecule has 10 heavy (non-hydrogen) atoms. The molecule has 0 rings (SSSR count). The summed E-state index contributed by atoms with van der Waals surface area (Å²) in [5.41, 5.74) is 1.26. The van der Waals surface area contributed by atoms with Gasteiger partial charge in [0.1, 0.15) is 0 Å². The van der Waals surface area contributed by atoms with Crippen LogP contribution in [0.25, 0.3) is 0 Å². The molecule has 0 saturated carbocycles. The molecule has 1 radical (unpaired) electrons. The Morgan fingerprint density at radius 3 is 2.70 bits per heavy atom. The van der Waals surface area contributed by atoms with E-state index < -0.39 is 0 Å². The molecule has 0 aliphatic carbocycles. The molecule has 0 bridgehead atoms. The highest BCUT2D eigenvalue weighted by Gasteiger charge is 1.88. The standard InChI is InChI=1S/C9H17O/c1-4-10-8-6-5-7-9(2)3/h4H,2,5-8H2,1,3H3. The normalized spacial score (nSPS) is 9.80. The molecule has 59 valence electrons. The van der Waals surface area contributed by atoms with Crippen LogP contribution >= 0.6 is 0 Å². The second-order valence-electron chi connectivity index (χ2n) is 2.52. The van der Waals surface area contributed by atoms with Crippen molar-refractivity contribution in [2.75, 3.05) is 6.61 Å². The predicted octanol–water partition coefficient (Wildman–Crippen LogP) is 2.93. The topological polar surface area (TPSA) is 9.23 Å². The van der Waals surface area contributed by atoms with E-state index in [0.29, 0.717) is 0 Å². The summed E-state index contributed by atoms with van der Waals surface area (Å²) < 4.78 is 5.06. The smallest absolute Gasteiger partial charge is 0.0805 e. The van der Waals surface area contributed by atoms with E-state index in [4.69, 9.17) is 4.74 Å². The minimum atomic E-state index is 0.851. The Kier molecular flexibility index (Phi) is 6.61. The molecule has 0 aromatic rings. The number of ether oxygens (including phenoxy) is 1. The third-order valence-electron chi connectivity index (χ3n) is 1.28. The van der Waals surface area contributed by atoms with E-state index in [1.165, 1.54) is 12.0 Å². The largest absolute Gasteiger partial charge is 0.376 e. The molecule has 0 aliphatic rings. The summed E-state index contributed by atoms with van der Waals surface area (Å²) in [5, 5.41) is 0. The first-order valence-electron chi connectivity index (χ1n) is 3.81. The molecular weight excluding hydrogens is 124 g/mol. The van der Waals surface area contributed by atoms with Crippen molar-refractivity contribution in [3.8, 4) is 0 Å². The van der Waals surface area contributed by atoms with Crippen molar-refractivity contribution in [2.45, 2.75) is 33.1 Å². The molecule has 0 atom stereocenters. The van der Waals surface area contributed by atoms with E-state index in [-0.39, 0.29) is 0 Å². The first-order valence-corrected chi connectivity index (χ1v) is 3.81. The van der Waals surface area contributed by atoms with Crippen molar-refractivity contribution < 1.29 is 4.74 Å². The molecule has 0 spiro atoms.